The van der Waals surface area contributed by atoms with Crippen LogP contribution in [-0.2, 0) is 22.7 Å². The van der Waals surface area contributed by atoms with Gasteiger partial charge in [0.1, 0.15) is 0 Å². The van der Waals surface area contributed by atoms with Gasteiger partial charge in [-0.2, -0.15) is 0 Å². The van der Waals surface area contributed by atoms with Gasteiger partial charge in [-0.3, -0.25) is 20.0 Å². The summed E-state index contributed by atoms with van der Waals surface area (Å²) in [6, 6.07) is 20.2. The summed E-state index contributed by atoms with van der Waals surface area (Å²) in [5.41, 5.74) is 3.97. The summed E-state index contributed by atoms with van der Waals surface area (Å²) < 4.78 is 12.1. The molecule has 3 rings (SSSR count). The number of pyridine rings is 2. The lowest BCUT2D eigenvalue weighted by molar-refractivity contribution is 0.0947. The largest absolute Gasteiger partial charge is 0.375 e. The molecule has 0 aliphatic heterocycles. The average Bonchev–Trinajstić information content (AvgIpc) is 2.89. The monoisotopic (exact) mass is 486 g/mol. The molecule has 2 atom stereocenters. The summed E-state index contributed by atoms with van der Waals surface area (Å²) in [4.78, 5) is 18.0. The maximum Gasteiger partial charge on any atom is 0.0807 e. The molecule has 0 spiro atoms. The van der Waals surface area contributed by atoms with Crippen LogP contribution in [0.2, 0.25) is 0 Å². The first kappa shape index (κ1) is 27.4. The van der Waals surface area contributed by atoms with E-state index >= 15 is 0 Å². The van der Waals surface area contributed by atoms with Crippen molar-refractivity contribution in [2.24, 2.45) is 21.8 Å². The summed E-state index contributed by atoms with van der Waals surface area (Å²) in [5.74, 6) is 0.748. The Morgan fingerprint density at radius 2 is 1.14 bits per heavy atom. The lowest BCUT2D eigenvalue weighted by Gasteiger charge is -2.17. The van der Waals surface area contributed by atoms with Crippen LogP contribution in [0.3, 0.4) is 0 Å². The normalized spacial score (nSPS) is 13.7. The molecule has 0 bridgehead atoms. The topological polar surface area (TPSA) is 69.0 Å². The molecule has 0 amide bonds. The van der Waals surface area contributed by atoms with Gasteiger partial charge in [-0.15, -0.1) is 0 Å². The predicted octanol–water partition coefficient (Wildman–Crippen LogP) is 5.80. The van der Waals surface area contributed by atoms with E-state index in [2.05, 4.69) is 61.9 Å². The molecular formula is C30H38N4O2. The molecule has 36 heavy (non-hydrogen) atoms. The zero-order valence-electron chi connectivity index (χ0n) is 21.8. The Morgan fingerprint density at radius 3 is 1.53 bits per heavy atom. The number of nitrogens with zero attached hydrogens (tertiary/aromatic N) is 4. The van der Waals surface area contributed by atoms with Gasteiger partial charge in [-0.05, 0) is 47.2 Å². The molecule has 6 nitrogen and oxygen atoms in total. The van der Waals surface area contributed by atoms with E-state index in [0.717, 1.165) is 22.5 Å². The summed E-state index contributed by atoms with van der Waals surface area (Å²) in [6.45, 7) is 10.8. The van der Waals surface area contributed by atoms with E-state index < -0.39 is 0 Å². The fourth-order valence-corrected chi connectivity index (χ4v) is 3.47. The van der Waals surface area contributed by atoms with E-state index in [1.54, 1.807) is 12.4 Å². The van der Waals surface area contributed by atoms with Crippen LogP contribution >= 0.6 is 0 Å². The van der Waals surface area contributed by atoms with Gasteiger partial charge in [-0.1, -0.05) is 64.1 Å². The van der Waals surface area contributed by atoms with Crippen molar-refractivity contribution in [1.29, 1.82) is 0 Å². The minimum absolute atomic E-state index is 0.0816. The fourth-order valence-electron chi connectivity index (χ4n) is 3.47. The van der Waals surface area contributed by atoms with Crippen LogP contribution < -0.4 is 0 Å². The lowest BCUT2D eigenvalue weighted by Crippen LogP contribution is -2.20. The molecule has 0 fully saturated rings. The van der Waals surface area contributed by atoms with Gasteiger partial charge in [0.25, 0.3) is 0 Å². The number of hydrogen-bond donors (Lipinski definition) is 0. The number of aromatic nitrogens is 2. The van der Waals surface area contributed by atoms with E-state index in [-0.39, 0.29) is 12.1 Å². The quantitative estimate of drug-likeness (QED) is 0.270. The van der Waals surface area contributed by atoms with Crippen LogP contribution in [0.1, 0.15) is 50.2 Å². The summed E-state index contributed by atoms with van der Waals surface area (Å²) >= 11 is 0. The molecule has 6 heteroatoms. The molecule has 2 heterocycles. The average molecular weight is 487 g/mol. The van der Waals surface area contributed by atoms with Gasteiger partial charge in [0.05, 0.1) is 49.9 Å². The molecule has 0 saturated heterocycles. The summed E-state index contributed by atoms with van der Waals surface area (Å²) in [6.07, 6.45) is 7.21. The second-order valence-electron chi connectivity index (χ2n) is 9.54. The van der Waals surface area contributed by atoms with Crippen LogP contribution in [-0.4, -0.2) is 47.7 Å². The van der Waals surface area contributed by atoms with Crippen LogP contribution in [0, 0.1) is 11.8 Å². The van der Waals surface area contributed by atoms with Gasteiger partial charge in [0, 0.05) is 24.8 Å². The maximum absolute atomic E-state index is 6.03. The number of ether oxygens (including phenoxy) is 2. The van der Waals surface area contributed by atoms with E-state index in [1.165, 1.54) is 0 Å². The van der Waals surface area contributed by atoms with Crippen molar-refractivity contribution in [2.45, 2.75) is 53.0 Å². The first-order valence-electron chi connectivity index (χ1n) is 12.6. The molecule has 0 N–H and O–H groups in total. The number of rotatable bonds is 14. The Bertz CT molecular complexity index is 986. The zero-order chi connectivity index (χ0) is 25.6. The van der Waals surface area contributed by atoms with Crippen molar-refractivity contribution in [3.8, 4) is 0 Å². The highest BCUT2D eigenvalue weighted by atomic mass is 16.5. The molecule has 0 unspecified atom stereocenters. The standard InChI is InChI=1S/C30H38N4O2/c1-23(2)29(33-17-27-12-5-7-14-31-27)21-35-19-25-10-9-11-26(16-25)20-36-22-30(24(3)4)34-18-28-13-6-8-15-32-28/h5-18,23-24,29-30H,19-22H2,1-4H3/t29-,30-/m0/s1. The molecule has 1 aromatic carbocycles. The van der Waals surface area contributed by atoms with Crippen molar-refractivity contribution in [3.05, 3.63) is 95.6 Å². The Labute approximate surface area is 215 Å². The van der Waals surface area contributed by atoms with Crippen molar-refractivity contribution >= 4 is 12.4 Å². The third kappa shape index (κ3) is 9.80. The summed E-state index contributed by atoms with van der Waals surface area (Å²) in [7, 11) is 0. The van der Waals surface area contributed by atoms with Gasteiger partial charge in [-0.25, -0.2) is 0 Å². The minimum atomic E-state index is 0.0816. The smallest absolute Gasteiger partial charge is 0.0807 e. The molecule has 2 aromatic heterocycles. The molecule has 0 saturated carbocycles. The predicted molar refractivity (Wildman–Crippen MR) is 147 cm³/mol. The van der Waals surface area contributed by atoms with Crippen molar-refractivity contribution in [1.82, 2.24) is 9.97 Å². The molecule has 3 aromatic rings. The van der Waals surface area contributed by atoms with E-state index in [1.807, 2.05) is 48.8 Å². The van der Waals surface area contributed by atoms with E-state index in [4.69, 9.17) is 19.5 Å². The first-order valence-corrected chi connectivity index (χ1v) is 12.6. The summed E-state index contributed by atoms with van der Waals surface area (Å²) in [5, 5.41) is 0. The minimum Gasteiger partial charge on any atom is -0.375 e. The maximum atomic E-state index is 6.03. The van der Waals surface area contributed by atoms with Crippen molar-refractivity contribution in [3.63, 3.8) is 0 Å². The fraction of sp³-hybridized carbons (Fsp3) is 0.400. The van der Waals surface area contributed by atoms with Crippen LogP contribution in [0.25, 0.3) is 0 Å². The SMILES string of the molecule is CC(C)[C@H](COCc1cccc(COC[C@H](N=Cc2ccccn2)C(C)C)c1)N=Cc1ccccn1. The van der Waals surface area contributed by atoms with Gasteiger partial charge < -0.3 is 9.47 Å². The molecule has 0 aliphatic rings. The van der Waals surface area contributed by atoms with Crippen molar-refractivity contribution < 1.29 is 9.47 Å². The zero-order valence-corrected chi connectivity index (χ0v) is 21.8. The molecule has 0 radical (unpaired) electrons. The van der Waals surface area contributed by atoms with Crippen molar-refractivity contribution in [2.75, 3.05) is 13.2 Å². The third-order valence-corrected chi connectivity index (χ3v) is 5.82. The Kier molecular flexibility index (Phi) is 11.4. The number of aliphatic imine (C=N–C) groups is 2. The second kappa shape index (κ2) is 15.0. The van der Waals surface area contributed by atoms with E-state index in [0.29, 0.717) is 38.3 Å². The highest BCUT2D eigenvalue weighted by Gasteiger charge is 2.13. The first-order chi connectivity index (χ1) is 17.5. The highest BCUT2D eigenvalue weighted by molar-refractivity contribution is 5.77. The Balaban J connectivity index is 1.46. The second-order valence-corrected chi connectivity index (χ2v) is 9.54. The number of hydrogen-bond acceptors (Lipinski definition) is 6. The van der Waals surface area contributed by atoms with E-state index in [9.17, 15) is 0 Å². The van der Waals surface area contributed by atoms with Crippen LogP contribution in [0.15, 0.2) is 83.0 Å². The third-order valence-electron chi connectivity index (χ3n) is 5.82. The molecular weight excluding hydrogens is 448 g/mol. The molecule has 190 valence electrons. The Morgan fingerprint density at radius 1 is 0.667 bits per heavy atom. The number of benzene rings is 1. The van der Waals surface area contributed by atoms with Gasteiger partial charge in [0.2, 0.25) is 0 Å². The Hall–Kier alpha value is -3.22. The lowest BCUT2D eigenvalue weighted by atomic mass is 10.1. The van der Waals surface area contributed by atoms with Crippen LogP contribution in [0.5, 0.6) is 0 Å². The molecule has 0 aliphatic carbocycles. The van der Waals surface area contributed by atoms with Crippen LogP contribution in [0.4, 0.5) is 0 Å². The van der Waals surface area contributed by atoms with Gasteiger partial charge in [0.15, 0.2) is 0 Å². The van der Waals surface area contributed by atoms with Gasteiger partial charge >= 0.3 is 0 Å². The highest BCUT2D eigenvalue weighted by Crippen LogP contribution is 2.13.